The van der Waals surface area contributed by atoms with Crippen LogP contribution in [0, 0.1) is 0 Å². The van der Waals surface area contributed by atoms with Crippen LogP contribution in [0.15, 0.2) is 18.2 Å². The van der Waals surface area contributed by atoms with Crippen LogP contribution < -0.4 is 0 Å². The van der Waals surface area contributed by atoms with Crippen LogP contribution in [-0.2, 0) is 10.8 Å². The molecule has 1 aromatic rings. The SMILES string of the molecule is CC(C)(C)c1cccc(C(C)(C)C)c1O.[Cl][AlH][Cl]. The Labute approximate surface area is 126 Å². The van der Waals surface area contributed by atoms with Crippen LogP contribution in [0.4, 0.5) is 0 Å². The molecule has 0 saturated heterocycles. The second-order valence-electron chi connectivity index (χ2n) is 6.30. The highest BCUT2D eigenvalue weighted by Gasteiger charge is 2.24. The van der Waals surface area contributed by atoms with Crippen LogP contribution in [0.25, 0.3) is 0 Å². The van der Waals surface area contributed by atoms with E-state index in [1.54, 1.807) is 0 Å². The quantitative estimate of drug-likeness (QED) is 0.688. The highest BCUT2D eigenvalue weighted by molar-refractivity contribution is 7.22. The molecular weight excluding hydrogens is 282 g/mol. The third-order valence-corrected chi connectivity index (χ3v) is 2.65. The van der Waals surface area contributed by atoms with Gasteiger partial charge in [0.1, 0.15) is 5.75 Å². The third kappa shape index (κ3) is 5.41. The second kappa shape index (κ2) is 7.06. The molecule has 102 valence electrons. The molecule has 0 aliphatic rings. The monoisotopic (exact) mass is 304 g/mol. The molecule has 0 unspecified atom stereocenters. The zero-order valence-electron chi connectivity index (χ0n) is 12.1. The Bertz CT molecular complexity index is 346. The van der Waals surface area contributed by atoms with Gasteiger partial charge in [-0.1, -0.05) is 59.7 Å². The minimum absolute atomic E-state index is 0.00859. The lowest BCUT2D eigenvalue weighted by Crippen LogP contribution is -2.16. The summed E-state index contributed by atoms with van der Waals surface area (Å²) in [5.74, 6) is 0.456. The summed E-state index contributed by atoms with van der Waals surface area (Å²) in [6.07, 6.45) is 0. The second-order valence-corrected chi connectivity index (χ2v) is 8.93. The molecule has 1 aromatic carbocycles. The number of benzene rings is 1. The van der Waals surface area contributed by atoms with Crippen LogP contribution in [-0.4, -0.2) is 18.5 Å². The van der Waals surface area contributed by atoms with Gasteiger partial charge in [0.25, 0.3) is 0 Å². The van der Waals surface area contributed by atoms with Crippen molar-refractivity contribution in [1.29, 1.82) is 0 Å². The first-order valence-corrected chi connectivity index (χ1v) is 10.3. The van der Waals surface area contributed by atoms with Gasteiger partial charge < -0.3 is 5.11 Å². The van der Waals surface area contributed by atoms with E-state index in [1.807, 2.05) is 18.2 Å². The highest BCUT2D eigenvalue weighted by atomic mass is 35.7. The molecule has 0 amide bonds. The molecule has 0 aromatic heterocycles. The summed E-state index contributed by atoms with van der Waals surface area (Å²) in [5, 5.41) is 10.3. The van der Waals surface area contributed by atoms with Crippen molar-refractivity contribution in [1.82, 2.24) is 0 Å². The number of rotatable bonds is 0. The summed E-state index contributed by atoms with van der Waals surface area (Å²) in [6, 6.07) is 6.04. The molecule has 0 bridgehead atoms. The molecule has 0 heterocycles. The maximum Gasteiger partial charge on any atom is 0.499 e. The summed E-state index contributed by atoms with van der Waals surface area (Å²) in [7, 11) is 9.81. The molecule has 0 aliphatic carbocycles. The predicted octanol–water partition coefficient (Wildman–Crippen LogP) is 4.72. The number of aromatic hydroxyl groups is 1. The summed E-state index contributed by atoms with van der Waals surface area (Å²) < 4.78 is 0. The number of halogens is 2. The molecule has 0 aliphatic heterocycles. The van der Waals surface area contributed by atoms with E-state index in [9.17, 15) is 5.11 Å². The van der Waals surface area contributed by atoms with Gasteiger partial charge in [-0.25, -0.2) is 20.1 Å². The standard InChI is InChI=1S/C14H22O.Al.2ClH.H/c1-13(2,3)10-8-7-9-11(12(10)15)14(4,5)6;;;;/h7-9,15H,1-6H3;;2*1H;/q;+2;;;/p-2. The van der Waals surface area contributed by atoms with Crippen LogP contribution in [0.5, 0.6) is 5.75 Å². The largest absolute Gasteiger partial charge is 0.507 e. The van der Waals surface area contributed by atoms with E-state index < -0.39 is 13.4 Å². The van der Waals surface area contributed by atoms with Gasteiger partial charge in [-0.3, -0.25) is 0 Å². The topological polar surface area (TPSA) is 20.2 Å². The Balaban J connectivity index is 0.000000873. The van der Waals surface area contributed by atoms with Crippen LogP contribution in [0.3, 0.4) is 0 Å². The first kappa shape index (κ1) is 18.1. The summed E-state index contributed by atoms with van der Waals surface area (Å²) in [6.45, 7) is 12.7. The molecule has 0 fully saturated rings. The number of phenolic OH excluding ortho intramolecular Hbond substituents is 1. The van der Waals surface area contributed by atoms with Crippen molar-refractivity contribution in [2.24, 2.45) is 0 Å². The van der Waals surface area contributed by atoms with Crippen LogP contribution >= 0.6 is 20.1 Å². The van der Waals surface area contributed by atoms with Crippen LogP contribution in [0.2, 0.25) is 0 Å². The van der Waals surface area contributed by atoms with E-state index in [0.29, 0.717) is 5.75 Å². The molecular formula is C14H23AlCl2O. The predicted molar refractivity (Wildman–Crippen MR) is 84.4 cm³/mol. The molecule has 18 heavy (non-hydrogen) atoms. The van der Waals surface area contributed by atoms with Gasteiger partial charge in [0.15, 0.2) is 0 Å². The fourth-order valence-electron chi connectivity index (χ4n) is 1.75. The Morgan fingerprint density at radius 2 is 1.17 bits per heavy atom. The molecule has 1 rings (SSSR count). The van der Waals surface area contributed by atoms with Gasteiger partial charge in [-0.15, -0.1) is 0 Å². The smallest absolute Gasteiger partial charge is 0.499 e. The lowest BCUT2D eigenvalue weighted by atomic mass is 9.80. The van der Waals surface area contributed by atoms with Gasteiger partial charge in [0.05, 0.1) is 0 Å². The van der Waals surface area contributed by atoms with E-state index in [-0.39, 0.29) is 10.8 Å². The average Bonchev–Trinajstić information content (AvgIpc) is 2.15. The minimum atomic E-state index is -0.639. The maximum absolute atomic E-state index is 10.3. The molecule has 1 N–H and O–H groups in total. The fourth-order valence-corrected chi connectivity index (χ4v) is 1.75. The molecule has 0 radical (unpaired) electrons. The van der Waals surface area contributed by atoms with Crippen molar-refractivity contribution in [3.63, 3.8) is 0 Å². The molecule has 1 nitrogen and oxygen atoms in total. The third-order valence-electron chi connectivity index (χ3n) is 2.65. The van der Waals surface area contributed by atoms with Crippen molar-refractivity contribution in [2.45, 2.75) is 52.4 Å². The average molecular weight is 305 g/mol. The maximum atomic E-state index is 10.3. The fraction of sp³-hybridized carbons (Fsp3) is 0.571. The first-order valence-electron chi connectivity index (χ1n) is 6.00. The van der Waals surface area contributed by atoms with Gasteiger partial charge in [0, 0.05) is 0 Å². The van der Waals surface area contributed by atoms with Gasteiger partial charge in [0.2, 0.25) is 0 Å². The Morgan fingerprint density at radius 3 is 1.39 bits per heavy atom. The number of hydrogen-bond acceptors (Lipinski definition) is 1. The molecule has 0 saturated carbocycles. The van der Waals surface area contributed by atoms with E-state index >= 15 is 0 Å². The van der Waals surface area contributed by atoms with Crippen molar-refractivity contribution < 1.29 is 5.11 Å². The van der Waals surface area contributed by atoms with Crippen molar-refractivity contribution >= 4 is 33.5 Å². The van der Waals surface area contributed by atoms with E-state index in [1.165, 1.54) is 0 Å². The zero-order valence-corrected chi connectivity index (χ0v) is 15.1. The molecule has 0 atom stereocenters. The molecule has 4 heteroatoms. The van der Waals surface area contributed by atoms with E-state index in [2.05, 4.69) is 41.5 Å². The van der Waals surface area contributed by atoms with Gasteiger partial charge in [-0.2, -0.15) is 0 Å². The lowest BCUT2D eigenvalue weighted by molar-refractivity contribution is 0.423. The van der Waals surface area contributed by atoms with Gasteiger partial charge >= 0.3 is 13.4 Å². The number of hydrogen-bond donors (Lipinski definition) is 1. The van der Waals surface area contributed by atoms with Crippen LogP contribution in [0.1, 0.15) is 52.7 Å². The normalized spacial score (nSPS) is 11.6. The number of para-hydroxylation sites is 1. The van der Waals surface area contributed by atoms with E-state index in [0.717, 1.165) is 11.1 Å². The van der Waals surface area contributed by atoms with Crippen molar-refractivity contribution in [3.05, 3.63) is 29.3 Å². The summed E-state index contributed by atoms with van der Waals surface area (Å²) in [5.41, 5.74) is 2.03. The summed E-state index contributed by atoms with van der Waals surface area (Å²) >= 11 is -0.639. The highest BCUT2D eigenvalue weighted by Crippen LogP contribution is 2.38. The zero-order chi connectivity index (χ0) is 14.6. The van der Waals surface area contributed by atoms with Crippen molar-refractivity contribution in [3.8, 4) is 5.75 Å². The Hall–Kier alpha value is 0.132. The lowest BCUT2D eigenvalue weighted by Gasteiger charge is -2.26. The number of phenols is 1. The van der Waals surface area contributed by atoms with Gasteiger partial charge in [-0.05, 0) is 22.0 Å². The Morgan fingerprint density at radius 1 is 0.889 bits per heavy atom. The molecule has 0 spiro atoms. The van der Waals surface area contributed by atoms with E-state index in [4.69, 9.17) is 20.1 Å². The van der Waals surface area contributed by atoms with Crippen molar-refractivity contribution in [2.75, 3.05) is 0 Å². The summed E-state index contributed by atoms with van der Waals surface area (Å²) in [4.78, 5) is 0. The minimum Gasteiger partial charge on any atom is -0.507 e. The first-order chi connectivity index (χ1) is 8.05. The Kier molecular flexibility index (Phi) is 7.11.